The molecule has 1 fully saturated rings. The lowest BCUT2D eigenvalue weighted by Crippen LogP contribution is -2.20. The second kappa shape index (κ2) is 5.79. The van der Waals surface area contributed by atoms with Crippen molar-refractivity contribution in [2.24, 2.45) is 0 Å². The molecule has 28 heavy (non-hydrogen) atoms. The maximum Gasteiger partial charge on any atom is 0.233 e. The number of fused-ring (bicyclic) bond motifs is 1. The lowest BCUT2D eigenvalue weighted by atomic mass is 9.83. The number of carbonyl (C=O) groups excluding carboxylic acids is 1. The Morgan fingerprint density at radius 1 is 1.00 bits per heavy atom. The highest BCUT2D eigenvalue weighted by Crippen LogP contribution is 2.44. The van der Waals surface area contributed by atoms with Crippen molar-refractivity contribution in [2.75, 3.05) is 0 Å². The number of para-hydroxylation sites is 2. The summed E-state index contributed by atoms with van der Waals surface area (Å²) in [6.45, 7) is 1.02. The van der Waals surface area contributed by atoms with E-state index < -0.39 is 0 Å². The van der Waals surface area contributed by atoms with Gasteiger partial charge in [-0.05, 0) is 35.6 Å². The van der Waals surface area contributed by atoms with Crippen LogP contribution < -0.4 is 5.32 Å². The minimum Gasteiger partial charge on any atom is -0.361 e. The van der Waals surface area contributed by atoms with Crippen molar-refractivity contribution in [2.45, 2.75) is 31.2 Å². The first-order valence-electron chi connectivity index (χ1n) is 9.74. The number of aromatic nitrogens is 2. The van der Waals surface area contributed by atoms with E-state index in [0.717, 1.165) is 41.4 Å². The van der Waals surface area contributed by atoms with Crippen molar-refractivity contribution in [1.82, 2.24) is 14.9 Å². The van der Waals surface area contributed by atoms with Gasteiger partial charge < -0.3 is 14.9 Å². The van der Waals surface area contributed by atoms with Crippen LogP contribution in [0, 0.1) is 0 Å². The van der Waals surface area contributed by atoms with Gasteiger partial charge in [0.05, 0.1) is 22.3 Å². The quantitative estimate of drug-likeness (QED) is 0.503. The fourth-order valence-corrected chi connectivity index (χ4v) is 5.47. The zero-order valence-electron chi connectivity index (χ0n) is 15.2. The van der Waals surface area contributed by atoms with E-state index in [0.29, 0.717) is 4.99 Å². The highest BCUT2D eigenvalue weighted by atomic mass is 32.1. The van der Waals surface area contributed by atoms with E-state index in [-0.39, 0.29) is 17.7 Å². The number of nitrogens with one attached hydrogen (secondary N) is 2. The highest BCUT2D eigenvalue weighted by molar-refractivity contribution is 7.80. The largest absolute Gasteiger partial charge is 0.361 e. The molecule has 0 aliphatic carbocycles. The maximum atomic E-state index is 13.0. The molecular weight excluding hydrogens is 366 g/mol. The molecule has 0 bridgehead atoms. The van der Waals surface area contributed by atoms with E-state index in [2.05, 4.69) is 45.3 Å². The molecule has 5 heteroatoms. The van der Waals surface area contributed by atoms with Gasteiger partial charge in [-0.1, -0.05) is 48.6 Å². The van der Waals surface area contributed by atoms with Gasteiger partial charge in [0.15, 0.2) is 0 Å². The summed E-state index contributed by atoms with van der Waals surface area (Å²) in [5.74, 6) is -0.461. The second-order valence-electron chi connectivity index (χ2n) is 7.79. The van der Waals surface area contributed by atoms with Crippen LogP contribution in [0.4, 0.5) is 0 Å². The molecule has 4 aromatic rings. The lowest BCUT2D eigenvalue weighted by Gasteiger charge is -2.16. The minimum atomic E-state index is -0.313. The molecule has 6 rings (SSSR count). The molecule has 0 radical (unpaired) electrons. The monoisotopic (exact) mass is 385 g/mol. The van der Waals surface area contributed by atoms with E-state index in [1.54, 1.807) is 0 Å². The average molecular weight is 385 g/mol. The third kappa shape index (κ3) is 2.11. The topological polar surface area (TPSA) is 49.8 Å². The number of H-pyrrole nitrogens is 1. The summed E-state index contributed by atoms with van der Waals surface area (Å²) in [6.07, 6.45) is 6.46. The maximum absolute atomic E-state index is 13.0. The van der Waals surface area contributed by atoms with Gasteiger partial charge >= 0.3 is 0 Å². The zero-order valence-corrected chi connectivity index (χ0v) is 16.1. The van der Waals surface area contributed by atoms with Crippen LogP contribution in [0.1, 0.15) is 34.9 Å². The molecule has 2 aromatic heterocycles. The van der Waals surface area contributed by atoms with Crippen LogP contribution in [0.2, 0.25) is 0 Å². The standard InChI is InChI=1S/C23H19N3OS/c27-22-19(16-11-24-18-9-2-1-7-14(16)18)20(23(28)25-22)17-12-26-10-4-6-13-5-3-8-15(17)21(13)26/h1-3,5,7-9,11-12,19-20,24H,4,6,10H2,(H,25,27,28)/t19-,20-/m0/s1. The van der Waals surface area contributed by atoms with E-state index in [1.807, 2.05) is 24.4 Å². The van der Waals surface area contributed by atoms with E-state index in [4.69, 9.17) is 12.2 Å². The van der Waals surface area contributed by atoms with Crippen molar-refractivity contribution in [3.05, 3.63) is 71.5 Å². The SMILES string of the molecule is O=C1NC(=S)[C@@H](c2cn3c4c(cccc24)CCC3)[C@@H]1c1c[nH]c2ccccc12. The Morgan fingerprint density at radius 2 is 1.86 bits per heavy atom. The molecule has 2 N–H and O–H groups in total. The van der Waals surface area contributed by atoms with Gasteiger partial charge in [-0.3, -0.25) is 4.79 Å². The average Bonchev–Trinajstić information content (AvgIpc) is 3.37. The van der Waals surface area contributed by atoms with E-state index in [9.17, 15) is 4.79 Å². The second-order valence-corrected chi connectivity index (χ2v) is 8.23. The fourth-order valence-electron chi connectivity index (χ4n) is 5.10. The molecule has 4 heterocycles. The first-order chi connectivity index (χ1) is 13.7. The molecule has 1 saturated heterocycles. The molecule has 0 saturated carbocycles. The third-order valence-electron chi connectivity index (χ3n) is 6.29. The van der Waals surface area contributed by atoms with Gasteiger partial charge in [-0.25, -0.2) is 0 Å². The molecule has 2 atom stereocenters. The number of benzene rings is 2. The molecule has 0 spiro atoms. The Kier molecular flexibility index (Phi) is 3.32. The number of aromatic amines is 1. The van der Waals surface area contributed by atoms with E-state index >= 15 is 0 Å². The number of amides is 1. The van der Waals surface area contributed by atoms with Crippen LogP contribution >= 0.6 is 12.2 Å². The number of carbonyl (C=O) groups is 1. The van der Waals surface area contributed by atoms with Gasteiger partial charge in [0.1, 0.15) is 0 Å². The summed E-state index contributed by atoms with van der Waals surface area (Å²) in [4.78, 5) is 16.9. The molecule has 4 nitrogen and oxygen atoms in total. The number of thiocarbonyl (C=S) groups is 1. The van der Waals surface area contributed by atoms with Crippen molar-refractivity contribution in [3.8, 4) is 0 Å². The summed E-state index contributed by atoms with van der Waals surface area (Å²) >= 11 is 5.68. The number of hydrogen-bond donors (Lipinski definition) is 2. The van der Waals surface area contributed by atoms with Gasteiger partial charge in [0, 0.05) is 35.2 Å². The Labute approximate surface area is 167 Å². The van der Waals surface area contributed by atoms with Gasteiger partial charge in [-0.15, -0.1) is 0 Å². The van der Waals surface area contributed by atoms with Crippen molar-refractivity contribution in [1.29, 1.82) is 0 Å². The number of nitrogens with zero attached hydrogens (tertiary/aromatic N) is 1. The van der Waals surface area contributed by atoms with Crippen LogP contribution in [0.15, 0.2) is 54.9 Å². The van der Waals surface area contributed by atoms with Gasteiger partial charge in [-0.2, -0.15) is 0 Å². The first-order valence-corrected chi connectivity index (χ1v) is 10.1. The fraction of sp³-hybridized carbons (Fsp3) is 0.217. The summed E-state index contributed by atoms with van der Waals surface area (Å²) in [5, 5.41) is 5.28. The predicted molar refractivity (Wildman–Crippen MR) is 115 cm³/mol. The minimum absolute atomic E-state index is 0.00770. The van der Waals surface area contributed by atoms with E-state index in [1.165, 1.54) is 16.5 Å². The zero-order chi connectivity index (χ0) is 18.8. The normalized spacial score (nSPS) is 21.6. The van der Waals surface area contributed by atoms with Crippen molar-refractivity contribution < 1.29 is 4.79 Å². The van der Waals surface area contributed by atoms with Crippen LogP contribution in [-0.2, 0) is 17.8 Å². The molecule has 2 aromatic carbocycles. The molecule has 138 valence electrons. The lowest BCUT2D eigenvalue weighted by molar-refractivity contribution is -0.120. The summed E-state index contributed by atoms with van der Waals surface area (Å²) < 4.78 is 2.35. The summed E-state index contributed by atoms with van der Waals surface area (Å²) in [5.41, 5.74) is 5.93. The number of hydrogen-bond acceptors (Lipinski definition) is 2. The predicted octanol–water partition coefficient (Wildman–Crippen LogP) is 4.39. The smallest absolute Gasteiger partial charge is 0.233 e. The Balaban J connectivity index is 1.58. The van der Waals surface area contributed by atoms with Crippen LogP contribution in [0.5, 0.6) is 0 Å². The molecule has 1 amide bonds. The molecule has 2 aliphatic rings. The number of rotatable bonds is 2. The summed E-state index contributed by atoms with van der Waals surface area (Å²) in [6, 6.07) is 14.7. The molecule has 0 unspecified atom stereocenters. The van der Waals surface area contributed by atoms with Gasteiger partial charge in [0.2, 0.25) is 5.91 Å². The van der Waals surface area contributed by atoms with Gasteiger partial charge in [0.25, 0.3) is 0 Å². The Morgan fingerprint density at radius 3 is 2.79 bits per heavy atom. The Bertz CT molecular complexity index is 1280. The molecular formula is C23H19N3OS. The van der Waals surface area contributed by atoms with Crippen LogP contribution in [-0.4, -0.2) is 20.4 Å². The van der Waals surface area contributed by atoms with Crippen LogP contribution in [0.3, 0.4) is 0 Å². The first kappa shape index (κ1) is 16.1. The number of aryl methyl sites for hydroxylation is 2. The third-order valence-corrected chi connectivity index (χ3v) is 6.65. The highest BCUT2D eigenvalue weighted by Gasteiger charge is 2.43. The van der Waals surface area contributed by atoms with Crippen LogP contribution in [0.25, 0.3) is 21.8 Å². The summed E-state index contributed by atoms with van der Waals surface area (Å²) in [7, 11) is 0. The van der Waals surface area contributed by atoms with Crippen molar-refractivity contribution in [3.63, 3.8) is 0 Å². The van der Waals surface area contributed by atoms with Crippen molar-refractivity contribution >= 4 is 44.9 Å². The molecule has 2 aliphatic heterocycles. The Hall–Kier alpha value is -2.92.